The molecule has 234 valence electrons. The second-order valence-electron chi connectivity index (χ2n) is 11.2. The molecular formula is C33H40N4O7. The van der Waals surface area contributed by atoms with E-state index in [1.807, 2.05) is 20.9 Å². The minimum atomic E-state index is -0.969. The summed E-state index contributed by atoms with van der Waals surface area (Å²) in [6.45, 7) is 5.16. The van der Waals surface area contributed by atoms with Gasteiger partial charge >= 0.3 is 12.0 Å². The van der Waals surface area contributed by atoms with Crippen LogP contribution < -0.4 is 20.1 Å². The molecule has 0 saturated carbocycles. The van der Waals surface area contributed by atoms with E-state index >= 15 is 0 Å². The maximum absolute atomic E-state index is 13.5. The van der Waals surface area contributed by atoms with Crippen LogP contribution in [0.4, 0.5) is 16.2 Å². The zero-order chi connectivity index (χ0) is 31.8. The normalized spacial score (nSPS) is 17.4. The molecule has 0 aliphatic carbocycles. The Morgan fingerprint density at radius 3 is 2.36 bits per heavy atom. The SMILES string of the molecule is COc1ccc(NC(=O)Nc2ccc3c(c2)CC(=O)N([C@@H](C)CO)C[C@H](C)[C@@H](CN(C)Cc2ccc(C(=O)O)cc2)O3)cc1. The number of carbonyl (C=O) groups excluding carboxylic acids is 2. The maximum Gasteiger partial charge on any atom is 0.335 e. The third kappa shape index (κ3) is 8.48. The lowest BCUT2D eigenvalue weighted by atomic mass is 10.0. The van der Waals surface area contributed by atoms with E-state index in [9.17, 15) is 24.6 Å². The van der Waals surface area contributed by atoms with Gasteiger partial charge in [-0.2, -0.15) is 0 Å². The van der Waals surface area contributed by atoms with E-state index in [-0.39, 0.29) is 42.6 Å². The number of carbonyl (C=O) groups is 3. The maximum atomic E-state index is 13.5. The molecule has 3 amide bonds. The lowest BCUT2D eigenvalue weighted by Crippen LogP contribution is -2.47. The Morgan fingerprint density at radius 1 is 1.07 bits per heavy atom. The van der Waals surface area contributed by atoms with Gasteiger partial charge in [-0.05, 0) is 74.1 Å². The van der Waals surface area contributed by atoms with Crippen molar-refractivity contribution in [2.45, 2.75) is 39.0 Å². The fourth-order valence-electron chi connectivity index (χ4n) is 5.13. The molecule has 11 nitrogen and oxygen atoms in total. The Labute approximate surface area is 257 Å². The third-order valence-electron chi connectivity index (χ3n) is 7.67. The molecule has 4 N–H and O–H groups in total. The van der Waals surface area contributed by atoms with Crippen LogP contribution in [-0.4, -0.2) is 83.9 Å². The number of likely N-dealkylation sites (N-methyl/N-ethyl adjacent to an activating group) is 1. The number of amides is 3. The monoisotopic (exact) mass is 604 g/mol. The number of ether oxygens (including phenoxy) is 2. The molecule has 0 spiro atoms. The first-order chi connectivity index (χ1) is 21.1. The molecule has 0 bridgehead atoms. The molecule has 1 aliphatic heterocycles. The molecule has 0 radical (unpaired) electrons. The smallest absolute Gasteiger partial charge is 0.335 e. The van der Waals surface area contributed by atoms with Crippen LogP contribution in [0.3, 0.4) is 0 Å². The summed E-state index contributed by atoms with van der Waals surface area (Å²) in [5.74, 6) is 0.0354. The van der Waals surface area contributed by atoms with Crippen LogP contribution in [0, 0.1) is 5.92 Å². The van der Waals surface area contributed by atoms with Crippen LogP contribution in [0.1, 0.15) is 35.3 Å². The lowest BCUT2D eigenvalue weighted by Gasteiger charge is -2.34. The van der Waals surface area contributed by atoms with Crippen LogP contribution in [0.15, 0.2) is 66.7 Å². The Balaban J connectivity index is 1.53. The number of methoxy groups -OCH3 is 1. The molecule has 44 heavy (non-hydrogen) atoms. The van der Waals surface area contributed by atoms with E-state index in [4.69, 9.17) is 9.47 Å². The summed E-state index contributed by atoms with van der Waals surface area (Å²) in [5.41, 5.74) is 2.91. The fourth-order valence-corrected chi connectivity index (χ4v) is 5.13. The Hall–Kier alpha value is -4.61. The van der Waals surface area contributed by atoms with Crippen LogP contribution in [0.2, 0.25) is 0 Å². The standard InChI is InChI=1S/C33H40N4O7/c1-21-17-37(22(2)20-38)31(39)16-25-15-27(35-33(42)34-26-9-12-28(43-4)13-10-26)11-14-29(25)44-30(21)19-36(3)18-23-5-7-24(8-6-23)32(40)41/h5-15,21-22,30,38H,16-20H2,1-4H3,(H,40,41)(H2,34,35,42)/t21-,22-,30+/m0/s1. The molecule has 3 atom stereocenters. The number of aliphatic hydroxyl groups is 1. The summed E-state index contributed by atoms with van der Waals surface area (Å²) in [7, 11) is 3.53. The average Bonchev–Trinajstić information content (AvgIpc) is 3.04. The Kier molecular flexibility index (Phi) is 10.8. The molecular weight excluding hydrogens is 564 g/mol. The average molecular weight is 605 g/mol. The van der Waals surface area contributed by atoms with E-state index < -0.39 is 12.0 Å². The van der Waals surface area contributed by atoms with Crippen molar-refractivity contribution in [3.05, 3.63) is 83.4 Å². The van der Waals surface area contributed by atoms with Crippen LogP contribution in [-0.2, 0) is 17.8 Å². The number of benzene rings is 3. The molecule has 1 heterocycles. The molecule has 0 unspecified atom stereocenters. The van der Waals surface area contributed by atoms with Gasteiger partial charge < -0.3 is 35.2 Å². The van der Waals surface area contributed by atoms with Gasteiger partial charge in [0.15, 0.2) is 0 Å². The number of nitrogens with one attached hydrogen (secondary N) is 2. The number of carboxylic acids is 1. The fraction of sp³-hybridized carbons (Fsp3) is 0.364. The number of fused-ring (bicyclic) bond motifs is 1. The summed E-state index contributed by atoms with van der Waals surface area (Å²) < 4.78 is 11.7. The van der Waals surface area contributed by atoms with Crippen LogP contribution >= 0.6 is 0 Å². The molecule has 0 saturated heterocycles. The minimum Gasteiger partial charge on any atom is -0.497 e. The van der Waals surface area contributed by atoms with Crippen molar-refractivity contribution in [3.63, 3.8) is 0 Å². The number of aromatic carboxylic acids is 1. The minimum absolute atomic E-state index is 0.0422. The number of hydrogen-bond acceptors (Lipinski definition) is 7. The van der Waals surface area contributed by atoms with Crippen molar-refractivity contribution in [2.75, 3.05) is 44.5 Å². The predicted octanol–water partition coefficient (Wildman–Crippen LogP) is 4.32. The first-order valence-corrected chi connectivity index (χ1v) is 14.5. The quantitative estimate of drug-likeness (QED) is 0.268. The first kappa shape index (κ1) is 32.3. The summed E-state index contributed by atoms with van der Waals surface area (Å²) in [4.78, 5) is 41.2. The molecule has 11 heteroatoms. The highest BCUT2D eigenvalue weighted by molar-refractivity contribution is 6.00. The van der Waals surface area contributed by atoms with E-state index in [1.165, 1.54) is 0 Å². The van der Waals surface area contributed by atoms with Crippen molar-refractivity contribution < 1.29 is 34.1 Å². The summed E-state index contributed by atoms with van der Waals surface area (Å²) >= 11 is 0. The zero-order valence-electron chi connectivity index (χ0n) is 25.4. The third-order valence-corrected chi connectivity index (χ3v) is 7.67. The Morgan fingerprint density at radius 2 is 1.73 bits per heavy atom. The van der Waals surface area contributed by atoms with Crippen LogP contribution in [0.5, 0.6) is 11.5 Å². The summed E-state index contributed by atoms with van der Waals surface area (Å²) in [5, 5.41) is 24.7. The molecule has 0 aromatic heterocycles. The van der Waals surface area contributed by atoms with Crippen molar-refractivity contribution >= 4 is 29.3 Å². The largest absolute Gasteiger partial charge is 0.497 e. The first-order valence-electron chi connectivity index (χ1n) is 14.5. The number of hydrogen-bond donors (Lipinski definition) is 4. The van der Waals surface area contributed by atoms with Crippen molar-refractivity contribution in [2.24, 2.45) is 5.92 Å². The Bertz CT molecular complexity index is 1450. The summed E-state index contributed by atoms with van der Waals surface area (Å²) in [6, 6.07) is 18.1. The zero-order valence-corrected chi connectivity index (χ0v) is 25.4. The van der Waals surface area contributed by atoms with Gasteiger partial charge in [0.1, 0.15) is 17.6 Å². The van der Waals surface area contributed by atoms with Gasteiger partial charge in [-0.3, -0.25) is 9.69 Å². The lowest BCUT2D eigenvalue weighted by molar-refractivity contribution is -0.134. The molecule has 1 aliphatic rings. The molecule has 0 fully saturated rings. The molecule has 3 aromatic carbocycles. The highest BCUT2D eigenvalue weighted by Crippen LogP contribution is 2.29. The van der Waals surface area contributed by atoms with Crippen LogP contribution in [0.25, 0.3) is 0 Å². The second-order valence-corrected chi connectivity index (χ2v) is 11.2. The summed E-state index contributed by atoms with van der Waals surface area (Å²) in [6.07, 6.45) is -0.269. The predicted molar refractivity (Wildman–Crippen MR) is 167 cm³/mol. The van der Waals surface area contributed by atoms with Gasteiger partial charge in [-0.15, -0.1) is 0 Å². The van der Waals surface area contributed by atoms with Gasteiger partial charge in [0, 0.05) is 42.5 Å². The van der Waals surface area contributed by atoms with E-state index in [2.05, 4.69) is 15.5 Å². The van der Waals surface area contributed by atoms with E-state index in [1.54, 1.807) is 78.7 Å². The van der Waals surface area contributed by atoms with Gasteiger partial charge in [-0.25, -0.2) is 9.59 Å². The number of nitrogens with zero attached hydrogens (tertiary/aromatic N) is 2. The number of aliphatic hydroxyl groups excluding tert-OH is 1. The number of urea groups is 1. The van der Waals surface area contributed by atoms with Gasteiger partial charge in [0.25, 0.3) is 0 Å². The number of rotatable bonds is 10. The van der Waals surface area contributed by atoms with Crippen molar-refractivity contribution in [1.82, 2.24) is 9.80 Å². The van der Waals surface area contributed by atoms with Gasteiger partial charge in [0.2, 0.25) is 5.91 Å². The van der Waals surface area contributed by atoms with Crippen molar-refractivity contribution in [1.29, 1.82) is 0 Å². The number of anilines is 2. The highest BCUT2D eigenvalue weighted by Gasteiger charge is 2.31. The van der Waals surface area contributed by atoms with E-state index in [0.717, 1.165) is 5.56 Å². The van der Waals surface area contributed by atoms with Gasteiger partial charge in [0.05, 0.1) is 31.7 Å². The van der Waals surface area contributed by atoms with E-state index in [0.29, 0.717) is 48.1 Å². The topological polar surface area (TPSA) is 141 Å². The van der Waals surface area contributed by atoms with Crippen molar-refractivity contribution in [3.8, 4) is 11.5 Å². The molecule has 4 rings (SSSR count). The van der Waals surface area contributed by atoms with Gasteiger partial charge in [-0.1, -0.05) is 19.1 Å². The highest BCUT2D eigenvalue weighted by atomic mass is 16.5. The second kappa shape index (κ2) is 14.7. The number of carboxylic acid groups (broad SMARTS) is 1. The molecule has 3 aromatic rings.